The summed E-state index contributed by atoms with van der Waals surface area (Å²) in [6, 6.07) is 2.04. The average Bonchev–Trinajstić information content (AvgIpc) is 2.08. The van der Waals surface area contributed by atoms with E-state index in [0.29, 0.717) is 25.4 Å². The lowest BCUT2D eigenvalue weighted by Crippen LogP contribution is -2.39. The highest BCUT2D eigenvalue weighted by Gasteiger charge is 2.22. The second-order valence-electron chi connectivity index (χ2n) is 5.23. The van der Waals surface area contributed by atoms with E-state index in [1.165, 1.54) is 0 Å². The standard InChI is InChI=1S/C12H22N2O2/c1-10(2)9-14(8-6-7-13)11(15)16-12(3,4)5/h10H,6,8-9H2,1-5H3. The van der Waals surface area contributed by atoms with E-state index in [4.69, 9.17) is 10.00 Å². The third kappa shape index (κ3) is 7.10. The van der Waals surface area contributed by atoms with Crippen molar-refractivity contribution in [1.29, 1.82) is 5.26 Å². The van der Waals surface area contributed by atoms with E-state index in [1.807, 2.05) is 40.7 Å². The van der Waals surface area contributed by atoms with Gasteiger partial charge in [0.2, 0.25) is 0 Å². The molecule has 0 aliphatic heterocycles. The molecule has 92 valence electrons. The molecule has 0 rings (SSSR count). The van der Waals surface area contributed by atoms with Gasteiger partial charge in [-0.05, 0) is 26.7 Å². The molecule has 0 saturated heterocycles. The fraction of sp³-hybridized carbons (Fsp3) is 0.833. The zero-order valence-corrected chi connectivity index (χ0v) is 10.9. The SMILES string of the molecule is CC(C)CN(CCC#N)C(=O)OC(C)(C)C. The Labute approximate surface area is 98.2 Å². The Bertz CT molecular complexity index is 261. The Morgan fingerprint density at radius 1 is 1.44 bits per heavy atom. The maximum atomic E-state index is 11.8. The third-order valence-electron chi connectivity index (χ3n) is 1.73. The number of rotatable bonds is 4. The molecular formula is C12H22N2O2. The molecule has 0 aliphatic carbocycles. The highest BCUT2D eigenvalue weighted by Crippen LogP contribution is 2.11. The summed E-state index contributed by atoms with van der Waals surface area (Å²) in [6.07, 6.45) is 0.00263. The van der Waals surface area contributed by atoms with E-state index in [1.54, 1.807) is 4.90 Å². The Hall–Kier alpha value is -1.24. The summed E-state index contributed by atoms with van der Waals surface area (Å²) < 4.78 is 5.28. The maximum Gasteiger partial charge on any atom is 0.410 e. The molecule has 0 aromatic heterocycles. The van der Waals surface area contributed by atoms with Crippen LogP contribution in [-0.2, 0) is 4.74 Å². The van der Waals surface area contributed by atoms with Crippen LogP contribution in [0.25, 0.3) is 0 Å². The zero-order chi connectivity index (χ0) is 12.8. The lowest BCUT2D eigenvalue weighted by Gasteiger charge is -2.28. The average molecular weight is 226 g/mol. The summed E-state index contributed by atoms with van der Waals surface area (Å²) in [7, 11) is 0. The molecule has 4 heteroatoms. The van der Waals surface area contributed by atoms with Gasteiger partial charge in [0.1, 0.15) is 5.60 Å². The van der Waals surface area contributed by atoms with Gasteiger partial charge in [-0.15, -0.1) is 0 Å². The summed E-state index contributed by atoms with van der Waals surface area (Å²) in [4.78, 5) is 13.4. The monoisotopic (exact) mass is 226 g/mol. The van der Waals surface area contributed by atoms with E-state index in [9.17, 15) is 4.79 Å². The number of carbonyl (C=O) groups is 1. The second kappa shape index (κ2) is 6.37. The number of nitrogens with zero attached hydrogens (tertiary/aromatic N) is 2. The summed E-state index contributed by atoms with van der Waals surface area (Å²) in [5.74, 6) is 0.367. The van der Waals surface area contributed by atoms with Crippen LogP contribution in [0.15, 0.2) is 0 Å². The number of nitriles is 1. The van der Waals surface area contributed by atoms with Crippen LogP contribution in [0.5, 0.6) is 0 Å². The first kappa shape index (κ1) is 14.8. The van der Waals surface area contributed by atoms with Gasteiger partial charge in [0, 0.05) is 13.1 Å². The van der Waals surface area contributed by atoms with Crippen molar-refractivity contribution in [3.05, 3.63) is 0 Å². The normalized spacial score (nSPS) is 11.1. The van der Waals surface area contributed by atoms with Crippen molar-refractivity contribution in [3.63, 3.8) is 0 Å². The molecule has 0 fully saturated rings. The Morgan fingerprint density at radius 3 is 2.38 bits per heavy atom. The third-order valence-corrected chi connectivity index (χ3v) is 1.73. The van der Waals surface area contributed by atoms with Gasteiger partial charge in [-0.25, -0.2) is 4.79 Å². The molecule has 1 amide bonds. The Morgan fingerprint density at radius 2 is 2.00 bits per heavy atom. The van der Waals surface area contributed by atoms with Crippen molar-refractivity contribution in [1.82, 2.24) is 4.90 Å². The second-order valence-corrected chi connectivity index (χ2v) is 5.23. The predicted molar refractivity (Wildman–Crippen MR) is 62.9 cm³/mol. The van der Waals surface area contributed by atoms with Crippen molar-refractivity contribution in [2.45, 2.75) is 46.6 Å². The molecule has 0 bridgehead atoms. The first-order chi connectivity index (χ1) is 7.26. The van der Waals surface area contributed by atoms with Crippen molar-refractivity contribution >= 4 is 6.09 Å². The van der Waals surface area contributed by atoms with Gasteiger partial charge >= 0.3 is 6.09 Å². The lowest BCUT2D eigenvalue weighted by atomic mass is 10.2. The molecule has 16 heavy (non-hydrogen) atoms. The van der Waals surface area contributed by atoms with Crippen LogP contribution in [0.2, 0.25) is 0 Å². The van der Waals surface area contributed by atoms with Gasteiger partial charge in [-0.3, -0.25) is 0 Å². The first-order valence-electron chi connectivity index (χ1n) is 5.61. The summed E-state index contributed by atoms with van der Waals surface area (Å²) in [6.45, 7) is 10.6. The summed E-state index contributed by atoms with van der Waals surface area (Å²) in [5, 5.41) is 8.53. The highest BCUT2D eigenvalue weighted by atomic mass is 16.6. The van der Waals surface area contributed by atoms with E-state index >= 15 is 0 Å². The largest absolute Gasteiger partial charge is 0.444 e. The molecule has 0 aromatic rings. The fourth-order valence-corrected chi connectivity index (χ4v) is 1.21. The molecule has 0 N–H and O–H groups in total. The predicted octanol–water partition coefficient (Wildman–Crippen LogP) is 2.79. The van der Waals surface area contributed by atoms with Crippen LogP contribution in [0.1, 0.15) is 41.0 Å². The number of ether oxygens (including phenoxy) is 1. The zero-order valence-electron chi connectivity index (χ0n) is 10.9. The first-order valence-corrected chi connectivity index (χ1v) is 5.61. The topological polar surface area (TPSA) is 53.3 Å². The van der Waals surface area contributed by atoms with Crippen molar-refractivity contribution in [2.24, 2.45) is 5.92 Å². The molecule has 0 saturated carbocycles. The number of hydrogen-bond donors (Lipinski definition) is 0. The molecule has 0 unspecified atom stereocenters. The quantitative estimate of drug-likeness (QED) is 0.740. The molecule has 0 heterocycles. The van der Waals surface area contributed by atoms with Gasteiger partial charge in [0.05, 0.1) is 12.5 Å². The number of carbonyl (C=O) groups excluding carboxylic acids is 1. The van der Waals surface area contributed by atoms with Crippen LogP contribution in [0.4, 0.5) is 4.79 Å². The van der Waals surface area contributed by atoms with E-state index in [0.717, 1.165) is 0 Å². The number of hydrogen-bond acceptors (Lipinski definition) is 3. The highest BCUT2D eigenvalue weighted by molar-refractivity contribution is 5.68. The molecule has 0 radical (unpaired) electrons. The molecule has 0 atom stereocenters. The molecule has 0 spiro atoms. The van der Waals surface area contributed by atoms with Gasteiger partial charge in [-0.2, -0.15) is 5.26 Å². The number of amides is 1. The van der Waals surface area contributed by atoms with Gasteiger partial charge < -0.3 is 9.64 Å². The van der Waals surface area contributed by atoms with Crippen LogP contribution in [-0.4, -0.2) is 29.7 Å². The smallest absolute Gasteiger partial charge is 0.410 e. The minimum atomic E-state index is -0.487. The molecule has 0 aromatic carbocycles. The lowest BCUT2D eigenvalue weighted by molar-refractivity contribution is 0.0233. The molecule has 0 aliphatic rings. The maximum absolute atomic E-state index is 11.8. The summed E-state index contributed by atoms with van der Waals surface area (Å²) >= 11 is 0. The van der Waals surface area contributed by atoms with E-state index < -0.39 is 5.60 Å². The molecular weight excluding hydrogens is 204 g/mol. The van der Waals surface area contributed by atoms with Gasteiger partial charge in [0.25, 0.3) is 0 Å². The van der Waals surface area contributed by atoms with Crippen LogP contribution >= 0.6 is 0 Å². The minimum absolute atomic E-state index is 0.337. The van der Waals surface area contributed by atoms with Gasteiger partial charge in [-0.1, -0.05) is 13.8 Å². The van der Waals surface area contributed by atoms with Crippen molar-refractivity contribution in [2.75, 3.05) is 13.1 Å². The van der Waals surface area contributed by atoms with Crippen LogP contribution in [0.3, 0.4) is 0 Å². The van der Waals surface area contributed by atoms with E-state index in [-0.39, 0.29) is 6.09 Å². The Kier molecular flexibility index (Phi) is 5.87. The minimum Gasteiger partial charge on any atom is -0.444 e. The summed E-state index contributed by atoms with van der Waals surface area (Å²) in [5.41, 5.74) is -0.487. The molecule has 4 nitrogen and oxygen atoms in total. The van der Waals surface area contributed by atoms with E-state index in [2.05, 4.69) is 0 Å². The fourth-order valence-electron chi connectivity index (χ4n) is 1.21. The van der Waals surface area contributed by atoms with Crippen molar-refractivity contribution < 1.29 is 9.53 Å². The van der Waals surface area contributed by atoms with Crippen LogP contribution in [0, 0.1) is 17.2 Å². The van der Waals surface area contributed by atoms with Crippen molar-refractivity contribution in [3.8, 4) is 6.07 Å². The Balaban J connectivity index is 4.38. The van der Waals surface area contributed by atoms with Gasteiger partial charge in [0.15, 0.2) is 0 Å². The van der Waals surface area contributed by atoms with Crippen LogP contribution < -0.4 is 0 Å².